The van der Waals surface area contributed by atoms with Gasteiger partial charge < -0.3 is 19.7 Å². The number of urea groups is 1. The fraction of sp³-hybridized carbons (Fsp3) is 0.588. The number of hydrogen-bond acceptors (Lipinski definition) is 4. The molecule has 2 aromatic rings. The number of carbonyl (C=O) groups excluding carboxylic acids is 1. The Labute approximate surface area is 141 Å². The molecule has 2 amide bonds. The molecule has 1 aliphatic heterocycles. The lowest BCUT2D eigenvalue weighted by molar-refractivity contribution is 0.177. The summed E-state index contributed by atoms with van der Waals surface area (Å²) in [6.45, 7) is 7.37. The molecule has 0 bridgehead atoms. The van der Waals surface area contributed by atoms with Gasteiger partial charge in [-0.2, -0.15) is 0 Å². The maximum Gasteiger partial charge on any atom is 0.317 e. The van der Waals surface area contributed by atoms with Crippen LogP contribution in [0.15, 0.2) is 17.0 Å². The lowest BCUT2D eigenvalue weighted by Crippen LogP contribution is -2.45. The number of H-pyrrole nitrogens is 1. The van der Waals surface area contributed by atoms with Gasteiger partial charge in [-0.15, -0.1) is 0 Å². The Kier molecular flexibility index (Phi) is 4.87. The van der Waals surface area contributed by atoms with E-state index in [9.17, 15) is 4.79 Å². The molecule has 1 unspecified atom stereocenters. The third-order valence-corrected chi connectivity index (χ3v) is 4.88. The van der Waals surface area contributed by atoms with Crippen molar-refractivity contribution >= 4 is 6.03 Å². The number of nitrogens with zero attached hydrogens (tertiary/aromatic N) is 3. The first-order valence-electron chi connectivity index (χ1n) is 8.56. The lowest BCUT2D eigenvalue weighted by atomic mass is 9.94. The van der Waals surface area contributed by atoms with E-state index in [1.807, 2.05) is 24.9 Å². The summed E-state index contributed by atoms with van der Waals surface area (Å²) in [6.07, 6.45) is 6.31. The number of aryl methyl sites for hydroxylation is 2. The Morgan fingerprint density at radius 1 is 1.46 bits per heavy atom. The van der Waals surface area contributed by atoms with Crippen LogP contribution in [0.3, 0.4) is 0 Å². The number of likely N-dealkylation sites (tertiary alicyclic amines) is 1. The van der Waals surface area contributed by atoms with Crippen molar-refractivity contribution in [2.45, 2.75) is 52.0 Å². The Bertz CT molecular complexity index is 652. The Morgan fingerprint density at radius 2 is 2.21 bits per heavy atom. The van der Waals surface area contributed by atoms with Crippen molar-refractivity contribution in [2.75, 3.05) is 13.1 Å². The van der Waals surface area contributed by atoms with Crippen molar-refractivity contribution in [1.29, 1.82) is 0 Å². The molecule has 0 aliphatic carbocycles. The minimum Gasteiger partial charge on any atom is -0.361 e. The molecular weight excluding hydrogens is 306 g/mol. The Hall–Kier alpha value is -2.31. The molecule has 1 aliphatic rings. The molecule has 130 valence electrons. The molecule has 3 rings (SSSR count). The number of rotatable bonds is 4. The average Bonchev–Trinajstić information content (AvgIpc) is 3.24. The van der Waals surface area contributed by atoms with E-state index in [-0.39, 0.29) is 12.1 Å². The molecule has 7 heteroatoms. The average molecular weight is 331 g/mol. The van der Waals surface area contributed by atoms with E-state index < -0.39 is 0 Å². The van der Waals surface area contributed by atoms with Crippen LogP contribution in [-0.2, 0) is 0 Å². The first-order valence-corrected chi connectivity index (χ1v) is 8.56. The number of carbonyl (C=O) groups is 1. The summed E-state index contributed by atoms with van der Waals surface area (Å²) in [7, 11) is 0. The predicted octanol–water partition coefficient (Wildman–Crippen LogP) is 3.05. The molecular formula is C17H25N5O2. The zero-order valence-corrected chi connectivity index (χ0v) is 14.5. The molecule has 7 nitrogen and oxygen atoms in total. The van der Waals surface area contributed by atoms with Crippen molar-refractivity contribution < 1.29 is 9.32 Å². The van der Waals surface area contributed by atoms with Crippen LogP contribution in [0.2, 0.25) is 0 Å². The topological polar surface area (TPSA) is 87.0 Å². The molecule has 1 fully saturated rings. The van der Waals surface area contributed by atoms with E-state index in [0.29, 0.717) is 5.92 Å². The number of aromatic amines is 1. The van der Waals surface area contributed by atoms with Gasteiger partial charge in [0, 0.05) is 36.5 Å². The summed E-state index contributed by atoms with van der Waals surface area (Å²) in [5.74, 6) is 1.23. The number of amides is 2. The van der Waals surface area contributed by atoms with Gasteiger partial charge in [0.2, 0.25) is 0 Å². The number of piperidine rings is 1. The summed E-state index contributed by atoms with van der Waals surface area (Å²) in [6, 6.07) is -0.0704. The molecule has 0 spiro atoms. The molecule has 24 heavy (non-hydrogen) atoms. The van der Waals surface area contributed by atoms with Crippen molar-refractivity contribution in [1.82, 2.24) is 25.3 Å². The minimum atomic E-state index is -0.0610. The van der Waals surface area contributed by atoms with Crippen LogP contribution in [0.4, 0.5) is 4.79 Å². The van der Waals surface area contributed by atoms with E-state index >= 15 is 0 Å². The Morgan fingerprint density at radius 3 is 2.75 bits per heavy atom. The molecule has 1 saturated heterocycles. The zero-order chi connectivity index (χ0) is 17.1. The third-order valence-electron chi connectivity index (χ3n) is 4.88. The van der Waals surface area contributed by atoms with Gasteiger partial charge in [0.05, 0.1) is 18.1 Å². The second-order valence-electron chi connectivity index (χ2n) is 6.42. The molecule has 0 aromatic carbocycles. The van der Waals surface area contributed by atoms with Crippen molar-refractivity contribution in [3.63, 3.8) is 0 Å². The molecule has 3 heterocycles. The summed E-state index contributed by atoms with van der Waals surface area (Å²) >= 11 is 0. The van der Waals surface area contributed by atoms with Gasteiger partial charge in [0.15, 0.2) is 0 Å². The van der Waals surface area contributed by atoms with Gasteiger partial charge in [0.25, 0.3) is 0 Å². The number of imidazole rings is 1. The first kappa shape index (κ1) is 16.5. The zero-order valence-electron chi connectivity index (χ0n) is 14.5. The van der Waals surface area contributed by atoms with Gasteiger partial charge in [-0.05, 0) is 33.1 Å². The van der Waals surface area contributed by atoms with Crippen molar-refractivity contribution in [3.05, 3.63) is 35.2 Å². The largest absolute Gasteiger partial charge is 0.361 e. The SMILES string of the molecule is CCC(NC(=O)N1CCC(c2cnc[nH]2)CC1)c1c(C)noc1C. The number of aromatic nitrogens is 3. The Balaban J connectivity index is 1.59. The second kappa shape index (κ2) is 7.07. The number of nitrogens with one attached hydrogen (secondary N) is 2. The lowest BCUT2D eigenvalue weighted by Gasteiger charge is -2.32. The van der Waals surface area contributed by atoms with E-state index in [2.05, 4.69) is 27.4 Å². The third kappa shape index (κ3) is 3.29. The minimum absolute atomic E-state index is 0.00934. The van der Waals surface area contributed by atoms with Gasteiger partial charge in [-0.3, -0.25) is 0 Å². The van der Waals surface area contributed by atoms with Crippen LogP contribution in [0.25, 0.3) is 0 Å². The molecule has 2 N–H and O–H groups in total. The highest BCUT2D eigenvalue weighted by Crippen LogP contribution is 2.27. The van der Waals surface area contributed by atoms with Crippen LogP contribution in [0.1, 0.15) is 60.9 Å². The van der Waals surface area contributed by atoms with Gasteiger partial charge in [0.1, 0.15) is 5.76 Å². The van der Waals surface area contributed by atoms with Gasteiger partial charge >= 0.3 is 6.03 Å². The second-order valence-corrected chi connectivity index (χ2v) is 6.42. The highest BCUT2D eigenvalue weighted by Gasteiger charge is 2.27. The fourth-order valence-corrected chi connectivity index (χ4v) is 3.49. The van der Waals surface area contributed by atoms with E-state index in [1.165, 1.54) is 0 Å². The van der Waals surface area contributed by atoms with Crippen molar-refractivity contribution in [3.8, 4) is 0 Å². The highest BCUT2D eigenvalue weighted by atomic mass is 16.5. The van der Waals surface area contributed by atoms with Gasteiger partial charge in [-0.1, -0.05) is 12.1 Å². The van der Waals surface area contributed by atoms with Crippen molar-refractivity contribution in [2.24, 2.45) is 0 Å². The normalized spacial score (nSPS) is 17.0. The molecule has 1 atom stereocenters. The monoisotopic (exact) mass is 331 g/mol. The quantitative estimate of drug-likeness (QED) is 0.901. The van der Waals surface area contributed by atoms with E-state index in [1.54, 1.807) is 6.33 Å². The first-order chi connectivity index (χ1) is 11.6. The van der Waals surface area contributed by atoms with E-state index in [4.69, 9.17) is 4.52 Å². The maximum atomic E-state index is 12.6. The predicted molar refractivity (Wildman–Crippen MR) is 89.7 cm³/mol. The fourth-order valence-electron chi connectivity index (χ4n) is 3.49. The van der Waals surface area contributed by atoms with Gasteiger partial charge in [-0.25, -0.2) is 9.78 Å². The molecule has 2 aromatic heterocycles. The van der Waals surface area contributed by atoms with Crippen LogP contribution >= 0.6 is 0 Å². The summed E-state index contributed by atoms with van der Waals surface area (Å²) < 4.78 is 5.24. The summed E-state index contributed by atoms with van der Waals surface area (Å²) in [5, 5.41) is 7.13. The van der Waals surface area contributed by atoms with Crippen LogP contribution in [0, 0.1) is 13.8 Å². The van der Waals surface area contributed by atoms with Crippen LogP contribution < -0.4 is 5.32 Å². The summed E-state index contributed by atoms with van der Waals surface area (Å²) in [4.78, 5) is 21.8. The highest BCUT2D eigenvalue weighted by molar-refractivity contribution is 5.75. The molecule has 0 radical (unpaired) electrons. The smallest absolute Gasteiger partial charge is 0.317 e. The number of hydrogen-bond donors (Lipinski definition) is 2. The summed E-state index contributed by atoms with van der Waals surface area (Å²) in [5.41, 5.74) is 3.01. The van der Waals surface area contributed by atoms with Crippen LogP contribution in [0.5, 0.6) is 0 Å². The standard InChI is InChI=1S/C17H25N5O2/c1-4-14(16-11(2)21-24-12(16)3)20-17(23)22-7-5-13(6-8-22)15-9-18-10-19-15/h9-10,13-14H,4-8H2,1-3H3,(H,18,19)(H,20,23). The van der Waals surface area contributed by atoms with Crippen LogP contribution in [-0.4, -0.2) is 39.1 Å². The molecule has 0 saturated carbocycles. The van der Waals surface area contributed by atoms with E-state index in [0.717, 1.165) is 55.1 Å². The maximum absolute atomic E-state index is 12.6.